The van der Waals surface area contributed by atoms with Gasteiger partial charge >= 0.3 is 0 Å². The van der Waals surface area contributed by atoms with Crippen LogP contribution in [0.3, 0.4) is 0 Å². The molecule has 4 heteroatoms. The monoisotopic (exact) mass is 316 g/mol. The molecule has 2 atom stereocenters. The molecule has 0 unspecified atom stereocenters. The van der Waals surface area contributed by atoms with E-state index in [9.17, 15) is 0 Å². The third-order valence-corrected chi connectivity index (χ3v) is 9.24. The van der Waals surface area contributed by atoms with Crippen LogP contribution >= 0.6 is 0 Å². The molecule has 0 amide bonds. The Labute approximate surface area is 132 Å². The summed E-state index contributed by atoms with van der Waals surface area (Å²) in [5.74, 6) is -0.488. The zero-order valence-electron chi connectivity index (χ0n) is 15.4. The summed E-state index contributed by atoms with van der Waals surface area (Å²) in [5.41, 5.74) is 0. The van der Waals surface area contributed by atoms with Gasteiger partial charge in [-0.05, 0) is 38.4 Å². The van der Waals surface area contributed by atoms with Crippen LogP contribution < -0.4 is 0 Å². The molecule has 1 aliphatic rings. The van der Waals surface area contributed by atoms with Crippen LogP contribution in [0.2, 0.25) is 18.1 Å². The van der Waals surface area contributed by atoms with Gasteiger partial charge in [0, 0.05) is 6.42 Å². The standard InChI is InChI=1S/C17H36O3Si/c1-9-10-11-14-12-15(20-17(5,6)19-14)13-18-21(7,8)16(2,3)4/h14-15H,9-13H2,1-8H3/t14-,15-/m0/s1. The quantitative estimate of drug-likeness (QED) is 0.637. The Morgan fingerprint density at radius 2 is 1.71 bits per heavy atom. The van der Waals surface area contributed by atoms with E-state index in [2.05, 4.69) is 40.8 Å². The van der Waals surface area contributed by atoms with Gasteiger partial charge < -0.3 is 13.9 Å². The lowest BCUT2D eigenvalue weighted by atomic mass is 10.0. The minimum atomic E-state index is -1.70. The van der Waals surface area contributed by atoms with Crippen molar-refractivity contribution in [3.8, 4) is 0 Å². The van der Waals surface area contributed by atoms with Gasteiger partial charge in [-0.1, -0.05) is 40.5 Å². The van der Waals surface area contributed by atoms with Crippen molar-refractivity contribution in [1.82, 2.24) is 0 Å². The first-order valence-electron chi connectivity index (χ1n) is 8.46. The van der Waals surface area contributed by atoms with E-state index in [-0.39, 0.29) is 11.1 Å². The highest BCUT2D eigenvalue weighted by Gasteiger charge is 2.40. The second-order valence-electron chi connectivity index (χ2n) is 8.33. The lowest BCUT2D eigenvalue weighted by molar-refractivity contribution is -0.304. The SMILES string of the molecule is CCCC[C@H]1C[C@@H](CO[Si](C)(C)C(C)(C)C)OC(C)(C)O1. The van der Waals surface area contributed by atoms with Crippen molar-refractivity contribution < 1.29 is 13.9 Å². The van der Waals surface area contributed by atoms with Crippen LogP contribution in [0.1, 0.15) is 67.2 Å². The van der Waals surface area contributed by atoms with E-state index in [1.165, 1.54) is 12.8 Å². The second-order valence-corrected chi connectivity index (χ2v) is 13.1. The zero-order chi connectivity index (χ0) is 16.3. The largest absolute Gasteiger partial charge is 0.414 e. The Balaban J connectivity index is 2.57. The van der Waals surface area contributed by atoms with Crippen molar-refractivity contribution in [3.63, 3.8) is 0 Å². The average molecular weight is 317 g/mol. The zero-order valence-corrected chi connectivity index (χ0v) is 16.4. The van der Waals surface area contributed by atoms with E-state index in [1.807, 2.05) is 13.8 Å². The van der Waals surface area contributed by atoms with Crippen molar-refractivity contribution >= 4 is 8.32 Å². The highest BCUT2D eigenvalue weighted by atomic mass is 28.4. The Morgan fingerprint density at radius 3 is 2.24 bits per heavy atom. The van der Waals surface area contributed by atoms with Crippen molar-refractivity contribution in [3.05, 3.63) is 0 Å². The minimum absolute atomic E-state index is 0.157. The van der Waals surface area contributed by atoms with Crippen LogP contribution in [-0.4, -0.2) is 32.9 Å². The Kier molecular flexibility index (Phi) is 6.49. The summed E-state index contributed by atoms with van der Waals surface area (Å²) in [7, 11) is -1.70. The average Bonchev–Trinajstić information content (AvgIpc) is 2.31. The molecule has 1 saturated heterocycles. The molecule has 3 nitrogen and oxygen atoms in total. The van der Waals surface area contributed by atoms with Crippen LogP contribution in [0.4, 0.5) is 0 Å². The van der Waals surface area contributed by atoms with Crippen LogP contribution in [0, 0.1) is 0 Å². The Hall–Kier alpha value is 0.0969. The number of hydrogen-bond acceptors (Lipinski definition) is 3. The summed E-state index contributed by atoms with van der Waals surface area (Å²) in [4.78, 5) is 0. The molecule has 1 heterocycles. The van der Waals surface area contributed by atoms with Crippen molar-refractivity contribution in [2.45, 2.75) is 103 Å². The smallest absolute Gasteiger partial charge is 0.192 e. The fourth-order valence-electron chi connectivity index (χ4n) is 2.45. The molecule has 0 saturated carbocycles. The first-order valence-corrected chi connectivity index (χ1v) is 11.4. The van der Waals surface area contributed by atoms with Gasteiger partial charge in [0.05, 0.1) is 18.8 Å². The molecule has 0 aromatic heterocycles. The van der Waals surface area contributed by atoms with Crippen LogP contribution in [0.15, 0.2) is 0 Å². The molecule has 1 fully saturated rings. The topological polar surface area (TPSA) is 27.7 Å². The van der Waals surface area contributed by atoms with Gasteiger partial charge in [-0.25, -0.2) is 0 Å². The molecule has 21 heavy (non-hydrogen) atoms. The van der Waals surface area contributed by atoms with Crippen molar-refractivity contribution in [1.29, 1.82) is 0 Å². The third-order valence-electron chi connectivity index (χ3n) is 4.74. The fourth-order valence-corrected chi connectivity index (χ4v) is 3.48. The summed E-state index contributed by atoms with van der Waals surface area (Å²) in [6.07, 6.45) is 4.98. The molecular formula is C17H36O3Si. The van der Waals surface area contributed by atoms with E-state index in [0.29, 0.717) is 12.7 Å². The predicted molar refractivity (Wildman–Crippen MR) is 91.1 cm³/mol. The summed E-state index contributed by atoms with van der Waals surface area (Å²) in [6.45, 7) is 18.4. The number of rotatable bonds is 6. The molecule has 0 bridgehead atoms. The third kappa shape index (κ3) is 6.01. The van der Waals surface area contributed by atoms with Crippen LogP contribution in [0.25, 0.3) is 0 Å². The molecule has 0 spiro atoms. The number of ether oxygens (including phenoxy) is 2. The van der Waals surface area contributed by atoms with E-state index in [4.69, 9.17) is 13.9 Å². The van der Waals surface area contributed by atoms with Gasteiger partial charge in [0.2, 0.25) is 0 Å². The molecular weight excluding hydrogens is 280 g/mol. The Morgan fingerprint density at radius 1 is 1.14 bits per heavy atom. The number of unbranched alkanes of at least 4 members (excludes halogenated alkanes) is 1. The maximum atomic E-state index is 6.34. The molecule has 0 aromatic carbocycles. The van der Waals surface area contributed by atoms with E-state index >= 15 is 0 Å². The number of hydrogen-bond donors (Lipinski definition) is 0. The molecule has 1 aliphatic heterocycles. The van der Waals surface area contributed by atoms with Gasteiger partial charge in [-0.2, -0.15) is 0 Å². The highest BCUT2D eigenvalue weighted by Crippen LogP contribution is 2.37. The van der Waals surface area contributed by atoms with E-state index in [0.717, 1.165) is 12.8 Å². The van der Waals surface area contributed by atoms with Gasteiger partial charge in [0.1, 0.15) is 0 Å². The summed E-state index contributed by atoms with van der Waals surface area (Å²) < 4.78 is 18.4. The first kappa shape index (κ1) is 19.1. The molecule has 126 valence electrons. The summed E-state index contributed by atoms with van der Waals surface area (Å²) in [6, 6.07) is 0. The van der Waals surface area contributed by atoms with Gasteiger partial charge in [-0.15, -0.1) is 0 Å². The van der Waals surface area contributed by atoms with Crippen molar-refractivity contribution in [2.75, 3.05) is 6.61 Å². The summed E-state index contributed by atoms with van der Waals surface area (Å²) in [5, 5.41) is 0.245. The van der Waals surface area contributed by atoms with E-state index in [1.54, 1.807) is 0 Å². The lowest BCUT2D eigenvalue weighted by Gasteiger charge is -2.43. The molecule has 1 rings (SSSR count). The lowest BCUT2D eigenvalue weighted by Crippen LogP contribution is -2.49. The van der Waals surface area contributed by atoms with E-state index < -0.39 is 14.1 Å². The van der Waals surface area contributed by atoms with Gasteiger partial charge in [-0.3, -0.25) is 0 Å². The molecule has 0 radical (unpaired) electrons. The minimum Gasteiger partial charge on any atom is -0.414 e. The van der Waals surface area contributed by atoms with Crippen molar-refractivity contribution in [2.24, 2.45) is 0 Å². The predicted octanol–water partition coefficient (Wildman–Crippen LogP) is 5.11. The Bertz CT molecular complexity index is 320. The molecule has 0 aromatic rings. The van der Waals surface area contributed by atoms with Gasteiger partial charge in [0.15, 0.2) is 14.1 Å². The maximum Gasteiger partial charge on any atom is 0.192 e. The molecule has 0 N–H and O–H groups in total. The first-order chi connectivity index (χ1) is 9.47. The normalized spacial score (nSPS) is 26.9. The summed E-state index contributed by atoms with van der Waals surface area (Å²) >= 11 is 0. The van der Waals surface area contributed by atoms with Gasteiger partial charge in [0.25, 0.3) is 0 Å². The van der Waals surface area contributed by atoms with Crippen LogP contribution in [-0.2, 0) is 13.9 Å². The highest BCUT2D eigenvalue weighted by molar-refractivity contribution is 6.74. The molecule has 0 aliphatic carbocycles. The fraction of sp³-hybridized carbons (Fsp3) is 1.00. The van der Waals surface area contributed by atoms with Crippen LogP contribution in [0.5, 0.6) is 0 Å². The second kappa shape index (κ2) is 7.11. The maximum absolute atomic E-state index is 6.34.